The van der Waals surface area contributed by atoms with Gasteiger partial charge in [-0.3, -0.25) is 4.79 Å². The largest absolute Gasteiger partial charge is 0.489 e. The van der Waals surface area contributed by atoms with Crippen molar-refractivity contribution < 1.29 is 9.53 Å². The molecular formula is C12H14BrNO2. The van der Waals surface area contributed by atoms with Gasteiger partial charge in [-0.25, -0.2) is 0 Å². The topological polar surface area (TPSA) is 52.3 Å². The molecule has 1 saturated carbocycles. The number of primary amides is 1. The second kappa shape index (κ2) is 4.87. The lowest BCUT2D eigenvalue weighted by Gasteiger charge is -2.27. The molecular weight excluding hydrogens is 270 g/mol. The second-order valence-electron chi connectivity index (χ2n) is 4.08. The predicted octanol–water partition coefficient (Wildman–Crippen LogP) is 2.41. The Bertz CT molecular complexity index is 402. The maximum atomic E-state index is 10.8. The van der Waals surface area contributed by atoms with Crippen molar-refractivity contribution in [3.8, 4) is 5.75 Å². The molecule has 0 radical (unpaired) electrons. The average molecular weight is 284 g/mol. The molecule has 2 N–H and O–H groups in total. The van der Waals surface area contributed by atoms with Gasteiger partial charge in [0.25, 0.3) is 0 Å². The first-order valence-electron chi connectivity index (χ1n) is 5.38. The van der Waals surface area contributed by atoms with E-state index in [1.54, 1.807) is 0 Å². The molecule has 0 atom stereocenters. The van der Waals surface area contributed by atoms with Crippen molar-refractivity contribution in [2.24, 2.45) is 5.73 Å². The fourth-order valence-electron chi connectivity index (χ4n) is 1.62. The van der Waals surface area contributed by atoms with E-state index >= 15 is 0 Å². The molecule has 0 saturated heterocycles. The van der Waals surface area contributed by atoms with Crippen molar-refractivity contribution in [3.05, 3.63) is 28.2 Å². The average Bonchev–Trinajstić information content (AvgIpc) is 2.12. The molecule has 1 fully saturated rings. The van der Waals surface area contributed by atoms with E-state index in [2.05, 4.69) is 15.9 Å². The van der Waals surface area contributed by atoms with E-state index in [9.17, 15) is 4.79 Å². The summed E-state index contributed by atoms with van der Waals surface area (Å²) in [5, 5.41) is 0. The predicted molar refractivity (Wildman–Crippen MR) is 65.3 cm³/mol. The fraction of sp³-hybridized carbons (Fsp3) is 0.417. The quantitative estimate of drug-likeness (QED) is 0.923. The van der Waals surface area contributed by atoms with Crippen molar-refractivity contribution in [1.29, 1.82) is 0 Å². The minimum atomic E-state index is -0.320. The summed E-state index contributed by atoms with van der Waals surface area (Å²) < 4.78 is 6.67. The van der Waals surface area contributed by atoms with Gasteiger partial charge in [0.05, 0.1) is 17.0 Å². The van der Waals surface area contributed by atoms with Gasteiger partial charge in [-0.1, -0.05) is 6.07 Å². The normalized spacial score (nSPS) is 15.6. The molecule has 4 heteroatoms. The first-order valence-corrected chi connectivity index (χ1v) is 6.18. The molecule has 0 heterocycles. The Morgan fingerprint density at radius 3 is 2.75 bits per heavy atom. The van der Waals surface area contributed by atoms with Crippen LogP contribution in [0.3, 0.4) is 0 Å². The molecule has 0 unspecified atom stereocenters. The van der Waals surface area contributed by atoms with Crippen LogP contribution in [0, 0.1) is 0 Å². The molecule has 3 nitrogen and oxygen atoms in total. The zero-order chi connectivity index (χ0) is 11.5. The molecule has 1 aliphatic carbocycles. The number of nitrogens with two attached hydrogens (primary N) is 1. The lowest BCUT2D eigenvalue weighted by molar-refractivity contribution is -0.117. The maximum Gasteiger partial charge on any atom is 0.221 e. The van der Waals surface area contributed by atoms with Crippen LogP contribution in [0.1, 0.15) is 24.8 Å². The summed E-state index contributed by atoms with van der Waals surface area (Å²) in [7, 11) is 0. The molecule has 2 rings (SSSR count). The van der Waals surface area contributed by atoms with Crippen LogP contribution in [0.2, 0.25) is 0 Å². The lowest BCUT2D eigenvalue weighted by Crippen LogP contribution is -2.24. The molecule has 1 aliphatic rings. The molecule has 1 amide bonds. The molecule has 86 valence electrons. The third kappa shape index (κ3) is 2.76. The van der Waals surface area contributed by atoms with Gasteiger partial charge in [-0.2, -0.15) is 0 Å². The van der Waals surface area contributed by atoms with Crippen molar-refractivity contribution in [1.82, 2.24) is 0 Å². The number of benzene rings is 1. The number of ether oxygens (including phenoxy) is 1. The van der Waals surface area contributed by atoms with E-state index in [1.807, 2.05) is 18.2 Å². The minimum absolute atomic E-state index is 0.266. The highest BCUT2D eigenvalue weighted by Gasteiger charge is 2.20. The summed E-state index contributed by atoms with van der Waals surface area (Å²) in [5.41, 5.74) is 6.04. The molecule has 1 aromatic rings. The van der Waals surface area contributed by atoms with Crippen LogP contribution in [-0.4, -0.2) is 12.0 Å². The summed E-state index contributed by atoms with van der Waals surface area (Å²) in [6.07, 6.45) is 4.15. The van der Waals surface area contributed by atoms with Gasteiger partial charge >= 0.3 is 0 Å². The Labute approximate surface area is 103 Å². The molecule has 1 aromatic carbocycles. The zero-order valence-corrected chi connectivity index (χ0v) is 10.5. The van der Waals surface area contributed by atoms with Gasteiger partial charge in [0.1, 0.15) is 5.75 Å². The van der Waals surface area contributed by atoms with E-state index in [-0.39, 0.29) is 12.3 Å². The van der Waals surface area contributed by atoms with E-state index in [4.69, 9.17) is 10.5 Å². The number of amides is 1. The van der Waals surface area contributed by atoms with Gasteiger partial charge in [0, 0.05) is 0 Å². The second-order valence-corrected chi connectivity index (χ2v) is 4.93. The summed E-state index contributed by atoms with van der Waals surface area (Å²) in [5.74, 6) is 0.525. The SMILES string of the molecule is NC(=O)Cc1ccc(OC2CCC2)c(Br)c1. The molecule has 0 spiro atoms. The van der Waals surface area contributed by atoms with Crippen molar-refractivity contribution in [3.63, 3.8) is 0 Å². The first-order chi connectivity index (χ1) is 7.65. The number of hydrogen-bond acceptors (Lipinski definition) is 2. The Kier molecular flexibility index (Phi) is 3.49. The highest BCUT2D eigenvalue weighted by molar-refractivity contribution is 9.10. The van der Waals surface area contributed by atoms with Crippen molar-refractivity contribution >= 4 is 21.8 Å². The minimum Gasteiger partial charge on any atom is -0.489 e. The van der Waals surface area contributed by atoms with Gasteiger partial charge in [0.2, 0.25) is 5.91 Å². The highest BCUT2D eigenvalue weighted by Crippen LogP contribution is 2.31. The monoisotopic (exact) mass is 283 g/mol. The van der Waals surface area contributed by atoms with Crippen LogP contribution < -0.4 is 10.5 Å². The van der Waals surface area contributed by atoms with Gasteiger partial charge in [0.15, 0.2) is 0 Å². The van der Waals surface area contributed by atoms with Crippen LogP contribution in [0.15, 0.2) is 22.7 Å². The van der Waals surface area contributed by atoms with Crippen LogP contribution in [0.5, 0.6) is 5.75 Å². The van der Waals surface area contributed by atoms with Gasteiger partial charge in [-0.15, -0.1) is 0 Å². The van der Waals surface area contributed by atoms with E-state index in [0.29, 0.717) is 6.10 Å². The van der Waals surface area contributed by atoms with E-state index in [0.717, 1.165) is 28.6 Å². The lowest BCUT2D eigenvalue weighted by atomic mass is 9.96. The molecule has 0 bridgehead atoms. The Hall–Kier alpha value is -1.03. The molecule has 0 aliphatic heterocycles. The number of halogens is 1. The Balaban J connectivity index is 2.06. The summed E-state index contributed by atoms with van der Waals surface area (Å²) in [6.45, 7) is 0. The first kappa shape index (κ1) is 11.5. The Morgan fingerprint density at radius 1 is 1.50 bits per heavy atom. The van der Waals surface area contributed by atoms with Crippen molar-refractivity contribution in [2.45, 2.75) is 31.8 Å². The summed E-state index contributed by atoms with van der Waals surface area (Å²) in [6, 6.07) is 5.66. The summed E-state index contributed by atoms with van der Waals surface area (Å²) in [4.78, 5) is 10.8. The molecule has 16 heavy (non-hydrogen) atoms. The van der Waals surface area contributed by atoms with Gasteiger partial charge < -0.3 is 10.5 Å². The van der Waals surface area contributed by atoms with Crippen LogP contribution in [0.4, 0.5) is 0 Å². The Morgan fingerprint density at radius 2 is 2.25 bits per heavy atom. The van der Waals surface area contributed by atoms with Gasteiger partial charge in [-0.05, 0) is 52.9 Å². The smallest absolute Gasteiger partial charge is 0.221 e. The van der Waals surface area contributed by atoms with Crippen LogP contribution in [0.25, 0.3) is 0 Å². The number of carbonyl (C=O) groups excluding carboxylic acids is 1. The maximum absolute atomic E-state index is 10.8. The fourth-order valence-corrected chi connectivity index (χ4v) is 2.14. The van der Waals surface area contributed by atoms with E-state index in [1.165, 1.54) is 6.42 Å². The number of carbonyl (C=O) groups is 1. The van der Waals surface area contributed by atoms with Crippen LogP contribution in [-0.2, 0) is 11.2 Å². The van der Waals surface area contributed by atoms with Crippen molar-refractivity contribution in [2.75, 3.05) is 0 Å². The zero-order valence-electron chi connectivity index (χ0n) is 8.91. The molecule has 0 aromatic heterocycles. The standard InChI is InChI=1S/C12H14BrNO2/c13-10-6-8(7-12(14)15)4-5-11(10)16-9-2-1-3-9/h4-6,9H,1-3,7H2,(H2,14,15). The third-order valence-electron chi connectivity index (χ3n) is 2.72. The number of rotatable bonds is 4. The number of hydrogen-bond donors (Lipinski definition) is 1. The highest BCUT2D eigenvalue weighted by atomic mass is 79.9. The van der Waals surface area contributed by atoms with Crippen LogP contribution >= 0.6 is 15.9 Å². The summed E-state index contributed by atoms with van der Waals surface area (Å²) >= 11 is 3.44. The third-order valence-corrected chi connectivity index (χ3v) is 3.34. The van der Waals surface area contributed by atoms with E-state index < -0.39 is 0 Å².